The number of fused-ring (bicyclic) bond motifs is 1. The Bertz CT molecular complexity index is 566. The van der Waals surface area contributed by atoms with Gasteiger partial charge in [-0.1, -0.05) is 43.3 Å². The maximum Gasteiger partial charge on any atom is 0.228 e. The molecule has 1 unspecified atom stereocenters. The lowest BCUT2D eigenvalue weighted by Crippen LogP contribution is -2.28. The van der Waals surface area contributed by atoms with E-state index in [2.05, 4.69) is 48.3 Å². The van der Waals surface area contributed by atoms with Gasteiger partial charge in [-0.15, -0.1) is 0 Å². The molecule has 2 N–H and O–H groups in total. The summed E-state index contributed by atoms with van der Waals surface area (Å²) in [6.45, 7) is 4.21. The molecule has 1 aromatic heterocycles. The Kier molecular flexibility index (Phi) is 3.57. The largest absolute Gasteiger partial charge is 0.339 e. The average molecular weight is 271 g/mol. The summed E-state index contributed by atoms with van der Waals surface area (Å²) in [5.41, 5.74) is 8.86. The second kappa shape index (κ2) is 5.37. The molecule has 0 saturated carbocycles. The Hall–Kier alpha value is -1.68. The number of benzene rings is 1. The van der Waals surface area contributed by atoms with Gasteiger partial charge in [0.15, 0.2) is 5.82 Å². The van der Waals surface area contributed by atoms with E-state index < -0.39 is 0 Å². The maximum atomic E-state index is 6.05. The molecule has 1 heterocycles. The third kappa shape index (κ3) is 2.61. The van der Waals surface area contributed by atoms with Gasteiger partial charge < -0.3 is 10.3 Å². The van der Waals surface area contributed by atoms with Crippen LogP contribution in [-0.4, -0.2) is 16.2 Å². The average Bonchev–Trinajstić information content (AvgIpc) is 3.03. The van der Waals surface area contributed by atoms with E-state index in [1.807, 2.05) is 0 Å². The fraction of sp³-hybridized carbons (Fsp3) is 0.500. The van der Waals surface area contributed by atoms with Gasteiger partial charge in [-0.3, -0.25) is 0 Å². The van der Waals surface area contributed by atoms with Crippen LogP contribution in [0.25, 0.3) is 0 Å². The highest BCUT2D eigenvalue weighted by molar-refractivity contribution is 5.34. The van der Waals surface area contributed by atoms with Gasteiger partial charge in [-0.25, -0.2) is 0 Å². The highest BCUT2D eigenvalue weighted by Crippen LogP contribution is 2.32. The molecule has 0 radical (unpaired) electrons. The molecule has 1 atom stereocenters. The summed E-state index contributed by atoms with van der Waals surface area (Å²) in [7, 11) is 0. The summed E-state index contributed by atoms with van der Waals surface area (Å²) in [5, 5.41) is 4.15. The number of nitrogens with two attached hydrogens (primary N) is 1. The van der Waals surface area contributed by atoms with E-state index in [4.69, 9.17) is 10.3 Å². The number of nitrogens with zero attached hydrogens (tertiary/aromatic N) is 2. The van der Waals surface area contributed by atoms with Gasteiger partial charge in [0, 0.05) is 18.4 Å². The zero-order valence-electron chi connectivity index (χ0n) is 12.0. The third-order valence-corrected chi connectivity index (χ3v) is 4.17. The molecule has 1 aromatic carbocycles. The first kappa shape index (κ1) is 13.3. The molecular formula is C16H21N3O. The lowest BCUT2D eigenvalue weighted by Gasteiger charge is -2.12. The van der Waals surface area contributed by atoms with Gasteiger partial charge in [0.1, 0.15) is 0 Å². The Morgan fingerprint density at radius 2 is 1.90 bits per heavy atom. The van der Waals surface area contributed by atoms with Crippen LogP contribution in [0.15, 0.2) is 28.8 Å². The van der Waals surface area contributed by atoms with E-state index in [0.29, 0.717) is 24.1 Å². The van der Waals surface area contributed by atoms with Crippen LogP contribution in [0.4, 0.5) is 0 Å². The first-order valence-electron chi connectivity index (χ1n) is 7.28. The van der Waals surface area contributed by atoms with Crippen molar-refractivity contribution in [1.29, 1.82) is 0 Å². The molecule has 4 nitrogen and oxygen atoms in total. The summed E-state index contributed by atoms with van der Waals surface area (Å²) in [6.07, 6.45) is 2.67. The van der Waals surface area contributed by atoms with E-state index in [9.17, 15) is 0 Å². The quantitative estimate of drug-likeness (QED) is 0.927. The molecule has 1 aliphatic rings. The van der Waals surface area contributed by atoms with Gasteiger partial charge in [-0.2, -0.15) is 4.98 Å². The molecule has 1 aliphatic carbocycles. The van der Waals surface area contributed by atoms with Gasteiger partial charge >= 0.3 is 0 Å². The minimum Gasteiger partial charge on any atom is -0.339 e. The minimum atomic E-state index is 0.0732. The van der Waals surface area contributed by atoms with Crippen molar-refractivity contribution in [2.45, 2.75) is 45.1 Å². The van der Waals surface area contributed by atoms with Gasteiger partial charge in [0.2, 0.25) is 5.89 Å². The van der Waals surface area contributed by atoms with Crippen molar-refractivity contribution in [3.63, 3.8) is 0 Å². The predicted octanol–water partition coefficient (Wildman–Crippen LogP) is 2.48. The molecular weight excluding hydrogens is 250 g/mol. The highest BCUT2D eigenvalue weighted by Gasteiger charge is 2.26. The third-order valence-electron chi connectivity index (χ3n) is 4.17. The smallest absolute Gasteiger partial charge is 0.228 e. The van der Waals surface area contributed by atoms with Crippen LogP contribution in [0, 0.1) is 5.92 Å². The second-order valence-electron chi connectivity index (χ2n) is 6.03. The first-order valence-corrected chi connectivity index (χ1v) is 7.28. The first-order chi connectivity index (χ1) is 9.63. The van der Waals surface area contributed by atoms with Crippen molar-refractivity contribution in [2.24, 2.45) is 11.7 Å². The summed E-state index contributed by atoms with van der Waals surface area (Å²) in [5.74, 6) is 2.26. The lowest BCUT2D eigenvalue weighted by molar-refractivity contribution is 0.347. The van der Waals surface area contributed by atoms with E-state index in [0.717, 1.165) is 18.7 Å². The summed E-state index contributed by atoms with van der Waals surface area (Å²) < 4.78 is 5.36. The van der Waals surface area contributed by atoms with Crippen molar-refractivity contribution in [3.05, 3.63) is 47.1 Å². The Morgan fingerprint density at radius 1 is 1.25 bits per heavy atom. The van der Waals surface area contributed by atoms with Crippen molar-refractivity contribution in [1.82, 2.24) is 10.1 Å². The highest BCUT2D eigenvalue weighted by atomic mass is 16.5. The van der Waals surface area contributed by atoms with Crippen LogP contribution in [0.3, 0.4) is 0 Å². The number of hydrogen-bond donors (Lipinski definition) is 1. The van der Waals surface area contributed by atoms with Gasteiger partial charge in [-0.05, 0) is 29.9 Å². The summed E-state index contributed by atoms with van der Waals surface area (Å²) in [6, 6.07) is 8.62. The predicted molar refractivity (Wildman–Crippen MR) is 77.4 cm³/mol. The summed E-state index contributed by atoms with van der Waals surface area (Å²) >= 11 is 0. The van der Waals surface area contributed by atoms with Crippen LogP contribution in [0.2, 0.25) is 0 Å². The van der Waals surface area contributed by atoms with Crippen LogP contribution >= 0.6 is 0 Å². The molecule has 0 aliphatic heterocycles. The zero-order chi connectivity index (χ0) is 14.1. The van der Waals surface area contributed by atoms with Crippen molar-refractivity contribution >= 4 is 0 Å². The number of aromatic nitrogens is 2. The second-order valence-corrected chi connectivity index (χ2v) is 6.03. The van der Waals surface area contributed by atoms with E-state index >= 15 is 0 Å². The number of hydrogen-bond acceptors (Lipinski definition) is 4. The molecule has 106 valence electrons. The van der Waals surface area contributed by atoms with Crippen molar-refractivity contribution in [3.8, 4) is 0 Å². The van der Waals surface area contributed by atoms with Crippen LogP contribution in [-0.2, 0) is 19.3 Å². The van der Waals surface area contributed by atoms with Crippen LogP contribution in [0.1, 0.15) is 42.6 Å². The Morgan fingerprint density at radius 3 is 2.50 bits per heavy atom. The van der Waals surface area contributed by atoms with Gasteiger partial charge in [0.05, 0.1) is 0 Å². The zero-order valence-corrected chi connectivity index (χ0v) is 12.0. The molecule has 0 saturated heterocycles. The Balaban J connectivity index is 1.70. The van der Waals surface area contributed by atoms with E-state index in [-0.39, 0.29) is 6.04 Å². The minimum absolute atomic E-state index is 0.0732. The lowest BCUT2D eigenvalue weighted by atomic mass is 10.0. The molecule has 4 heteroatoms. The number of rotatable bonds is 4. The maximum absolute atomic E-state index is 6.05. The molecule has 0 fully saturated rings. The monoisotopic (exact) mass is 271 g/mol. The summed E-state index contributed by atoms with van der Waals surface area (Å²) in [4.78, 5) is 4.54. The molecule has 0 amide bonds. The van der Waals surface area contributed by atoms with E-state index in [1.165, 1.54) is 11.1 Å². The molecule has 0 bridgehead atoms. The normalized spacial score (nSPS) is 16.6. The standard InChI is InChI=1S/C16H21N3O/c1-10(2)14(17)9-15-18-16(19-20-15)13-7-11-5-3-4-6-12(11)8-13/h3-6,10,13-14H,7-9,17H2,1-2H3. The molecule has 20 heavy (non-hydrogen) atoms. The SMILES string of the molecule is CC(C)C(N)Cc1nc(C2Cc3ccccc3C2)no1. The molecule has 3 rings (SSSR count). The van der Waals surface area contributed by atoms with Crippen LogP contribution in [0.5, 0.6) is 0 Å². The topological polar surface area (TPSA) is 64.9 Å². The van der Waals surface area contributed by atoms with Crippen molar-refractivity contribution < 1.29 is 4.52 Å². The van der Waals surface area contributed by atoms with Crippen molar-refractivity contribution in [2.75, 3.05) is 0 Å². The fourth-order valence-electron chi connectivity index (χ4n) is 2.70. The van der Waals surface area contributed by atoms with E-state index in [1.54, 1.807) is 0 Å². The van der Waals surface area contributed by atoms with Crippen LogP contribution < -0.4 is 5.73 Å². The van der Waals surface area contributed by atoms with Gasteiger partial charge in [0.25, 0.3) is 0 Å². The molecule has 2 aromatic rings. The Labute approximate surface area is 119 Å². The molecule has 0 spiro atoms. The fourth-order valence-corrected chi connectivity index (χ4v) is 2.70.